The Hall–Kier alpha value is -1.81. The molecule has 0 bridgehead atoms. The molecule has 0 saturated carbocycles. The Balaban J connectivity index is 2.71. The number of carboxylic acid groups (broad SMARTS) is 1. The Morgan fingerprint density at radius 1 is 1.33 bits per heavy atom. The summed E-state index contributed by atoms with van der Waals surface area (Å²) >= 11 is 0. The van der Waals surface area contributed by atoms with Gasteiger partial charge in [0.25, 0.3) is 0 Å². The van der Waals surface area contributed by atoms with Gasteiger partial charge in [-0.3, -0.25) is 4.79 Å². The first-order valence-electron chi connectivity index (χ1n) is 6.04. The molecule has 96 valence electrons. The van der Waals surface area contributed by atoms with Crippen LogP contribution in [0.15, 0.2) is 18.3 Å². The van der Waals surface area contributed by atoms with Gasteiger partial charge in [0, 0.05) is 11.6 Å². The SMILES string of the molecule is Cc1ccc(C)c2c1c(CCN)cn2CC(=O)O. The second-order valence-electron chi connectivity index (χ2n) is 4.64. The third-order valence-corrected chi connectivity index (χ3v) is 3.23. The largest absolute Gasteiger partial charge is 0.480 e. The fourth-order valence-corrected chi connectivity index (χ4v) is 2.50. The number of hydrogen-bond acceptors (Lipinski definition) is 2. The van der Waals surface area contributed by atoms with Crippen molar-refractivity contribution in [2.24, 2.45) is 5.73 Å². The topological polar surface area (TPSA) is 68.2 Å². The smallest absolute Gasteiger partial charge is 0.323 e. The summed E-state index contributed by atoms with van der Waals surface area (Å²) < 4.78 is 1.81. The molecule has 0 spiro atoms. The van der Waals surface area contributed by atoms with Crippen LogP contribution in [0.4, 0.5) is 0 Å². The summed E-state index contributed by atoms with van der Waals surface area (Å²) in [6.45, 7) is 4.62. The summed E-state index contributed by atoms with van der Waals surface area (Å²) in [5, 5.41) is 10.1. The van der Waals surface area contributed by atoms with Crippen molar-refractivity contribution in [3.63, 3.8) is 0 Å². The normalized spacial score (nSPS) is 11.1. The van der Waals surface area contributed by atoms with E-state index in [-0.39, 0.29) is 6.54 Å². The molecule has 3 N–H and O–H groups in total. The molecule has 1 aromatic heterocycles. The minimum Gasteiger partial charge on any atom is -0.480 e. The van der Waals surface area contributed by atoms with Gasteiger partial charge in [-0.05, 0) is 43.5 Å². The minimum atomic E-state index is -0.827. The molecule has 0 radical (unpaired) electrons. The maximum atomic E-state index is 10.9. The van der Waals surface area contributed by atoms with Gasteiger partial charge < -0.3 is 15.4 Å². The Morgan fingerprint density at radius 2 is 2.00 bits per heavy atom. The number of hydrogen-bond donors (Lipinski definition) is 2. The van der Waals surface area contributed by atoms with Gasteiger partial charge in [-0.25, -0.2) is 0 Å². The zero-order valence-electron chi connectivity index (χ0n) is 10.7. The fraction of sp³-hybridized carbons (Fsp3) is 0.357. The van der Waals surface area contributed by atoms with Crippen molar-refractivity contribution in [2.45, 2.75) is 26.8 Å². The number of nitrogens with two attached hydrogens (primary N) is 1. The molecule has 4 nitrogen and oxygen atoms in total. The van der Waals surface area contributed by atoms with E-state index < -0.39 is 5.97 Å². The van der Waals surface area contributed by atoms with Gasteiger partial charge in [0.1, 0.15) is 6.54 Å². The van der Waals surface area contributed by atoms with Crippen molar-refractivity contribution in [2.75, 3.05) is 6.54 Å². The van der Waals surface area contributed by atoms with Crippen LogP contribution in [-0.2, 0) is 17.8 Å². The average molecular weight is 246 g/mol. The average Bonchev–Trinajstić information content (AvgIpc) is 2.63. The summed E-state index contributed by atoms with van der Waals surface area (Å²) in [7, 11) is 0. The summed E-state index contributed by atoms with van der Waals surface area (Å²) in [6, 6.07) is 4.10. The molecule has 1 aromatic carbocycles. The number of benzene rings is 1. The summed E-state index contributed by atoms with van der Waals surface area (Å²) in [5.41, 5.74) is 10.0. The minimum absolute atomic E-state index is 0.00857. The predicted octanol–water partition coefficient (Wildman–Crippen LogP) is 1.84. The number of fused-ring (bicyclic) bond motifs is 1. The van der Waals surface area contributed by atoms with Crippen molar-refractivity contribution in [1.29, 1.82) is 0 Å². The first kappa shape index (κ1) is 12.6. The Kier molecular flexibility index (Phi) is 3.39. The number of carboxylic acids is 1. The molecule has 4 heteroatoms. The van der Waals surface area contributed by atoms with Crippen LogP contribution in [0.3, 0.4) is 0 Å². The predicted molar refractivity (Wildman–Crippen MR) is 71.8 cm³/mol. The standard InChI is InChI=1S/C14H18N2O2/c1-9-3-4-10(2)14-13(9)11(5-6-15)7-16(14)8-12(17)18/h3-4,7H,5-6,8,15H2,1-2H3,(H,17,18). The summed E-state index contributed by atoms with van der Waals surface area (Å²) in [6.07, 6.45) is 2.69. The monoisotopic (exact) mass is 246 g/mol. The van der Waals surface area contributed by atoms with Crippen molar-refractivity contribution in [3.8, 4) is 0 Å². The van der Waals surface area contributed by atoms with Crippen molar-refractivity contribution < 1.29 is 9.90 Å². The lowest BCUT2D eigenvalue weighted by molar-refractivity contribution is -0.137. The number of rotatable bonds is 4. The molecule has 0 amide bonds. The van der Waals surface area contributed by atoms with Crippen LogP contribution in [0.5, 0.6) is 0 Å². The molecule has 0 aliphatic heterocycles. The molecule has 0 aliphatic carbocycles. The van der Waals surface area contributed by atoms with Gasteiger partial charge in [-0.15, -0.1) is 0 Å². The van der Waals surface area contributed by atoms with Crippen LogP contribution in [0.1, 0.15) is 16.7 Å². The van der Waals surface area contributed by atoms with E-state index in [2.05, 4.69) is 6.07 Å². The summed E-state index contributed by atoms with van der Waals surface area (Å²) in [5.74, 6) is -0.827. The second kappa shape index (κ2) is 4.82. The highest BCUT2D eigenvalue weighted by Gasteiger charge is 2.13. The van der Waals surface area contributed by atoms with E-state index in [1.807, 2.05) is 30.7 Å². The zero-order valence-corrected chi connectivity index (χ0v) is 10.7. The maximum absolute atomic E-state index is 10.9. The molecule has 0 unspecified atom stereocenters. The van der Waals surface area contributed by atoms with E-state index in [9.17, 15) is 4.79 Å². The number of aliphatic carboxylic acids is 1. The molecule has 18 heavy (non-hydrogen) atoms. The highest BCUT2D eigenvalue weighted by molar-refractivity contribution is 5.90. The molecular formula is C14H18N2O2. The van der Waals surface area contributed by atoms with Crippen LogP contribution in [0.25, 0.3) is 10.9 Å². The number of nitrogens with zero attached hydrogens (tertiary/aromatic N) is 1. The fourth-order valence-electron chi connectivity index (χ4n) is 2.50. The summed E-state index contributed by atoms with van der Waals surface area (Å²) in [4.78, 5) is 10.9. The molecule has 0 aliphatic rings. The molecule has 2 aromatic rings. The second-order valence-corrected chi connectivity index (χ2v) is 4.64. The lowest BCUT2D eigenvalue weighted by atomic mass is 10.0. The van der Waals surface area contributed by atoms with Gasteiger partial charge in [-0.2, -0.15) is 0 Å². The van der Waals surface area contributed by atoms with E-state index in [1.54, 1.807) is 0 Å². The van der Waals surface area contributed by atoms with Gasteiger partial charge in [-0.1, -0.05) is 12.1 Å². The molecule has 1 heterocycles. The third kappa shape index (κ3) is 2.11. The number of aryl methyl sites for hydroxylation is 2. The first-order chi connectivity index (χ1) is 8.54. The van der Waals surface area contributed by atoms with Crippen LogP contribution in [0.2, 0.25) is 0 Å². The van der Waals surface area contributed by atoms with E-state index in [0.717, 1.165) is 28.5 Å². The van der Waals surface area contributed by atoms with E-state index in [4.69, 9.17) is 10.8 Å². The molecule has 0 atom stereocenters. The Morgan fingerprint density at radius 3 is 2.61 bits per heavy atom. The quantitative estimate of drug-likeness (QED) is 0.865. The van der Waals surface area contributed by atoms with Crippen molar-refractivity contribution in [3.05, 3.63) is 35.0 Å². The maximum Gasteiger partial charge on any atom is 0.323 e. The molecule has 0 saturated heterocycles. The van der Waals surface area contributed by atoms with Crippen molar-refractivity contribution in [1.82, 2.24) is 4.57 Å². The van der Waals surface area contributed by atoms with Crippen LogP contribution >= 0.6 is 0 Å². The van der Waals surface area contributed by atoms with E-state index in [1.165, 1.54) is 5.56 Å². The van der Waals surface area contributed by atoms with Crippen LogP contribution in [0, 0.1) is 13.8 Å². The van der Waals surface area contributed by atoms with Crippen LogP contribution < -0.4 is 5.73 Å². The van der Waals surface area contributed by atoms with Crippen molar-refractivity contribution >= 4 is 16.9 Å². The van der Waals surface area contributed by atoms with Gasteiger partial charge in [0.15, 0.2) is 0 Å². The van der Waals surface area contributed by atoms with Crippen LogP contribution in [-0.4, -0.2) is 22.2 Å². The zero-order chi connectivity index (χ0) is 13.3. The highest BCUT2D eigenvalue weighted by atomic mass is 16.4. The number of aromatic nitrogens is 1. The van der Waals surface area contributed by atoms with Gasteiger partial charge >= 0.3 is 5.97 Å². The third-order valence-electron chi connectivity index (χ3n) is 3.23. The lowest BCUT2D eigenvalue weighted by Crippen LogP contribution is -2.08. The van der Waals surface area contributed by atoms with E-state index in [0.29, 0.717) is 6.54 Å². The first-order valence-corrected chi connectivity index (χ1v) is 6.04. The molecular weight excluding hydrogens is 228 g/mol. The Labute approximate surface area is 106 Å². The Bertz CT molecular complexity index is 599. The highest BCUT2D eigenvalue weighted by Crippen LogP contribution is 2.28. The van der Waals surface area contributed by atoms with E-state index >= 15 is 0 Å². The van der Waals surface area contributed by atoms with Gasteiger partial charge in [0.05, 0.1) is 5.52 Å². The molecule has 2 rings (SSSR count). The lowest BCUT2D eigenvalue weighted by Gasteiger charge is -2.06. The molecule has 0 fully saturated rings. The number of carbonyl (C=O) groups is 1. The van der Waals surface area contributed by atoms with Gasteiger partial charge in [0.2, 0.25) is 0 Å².